The summed E-state index contributed by atoms with van der Waals surface area (Å²) >= 11 is 0. The van der Waals surface area contributed by atoms with Crippen molar-refractivity contribution < 1.29 is 0 Å². The highest BCUT2D eigenvalue weighted by molar-refractivity contribution is 9.27. The maximum atomic E-state index is 2.56. The van der Waals surface area contributed by atoms with Crippen LogP contribution in [0.25, 0.3) is 0 Å². The molecule has 1 rings (SSSR count). The molecule has 286 valence electrons. The Balaban J connectivity index is 2.84. The number of hydrogen-bond donors (Lipinski definition) is 0. The van der Waals surface area contributed by atoms with Gasteiger partial charge in [0.15, 0.2) is 0 Å². The van der Waals surface area contributed by atoms with Gasteiger partial charge in [-0.15, -0.1) is 0 Å². The maximum Gasteiger partial charge on any atom is 0.0313 e. The lowest BCUT2D eigenvalue weighted by atomic mass is 9.90. The minimum atomic E-state index is 0.729. The Labute approximate surface area is 341 Å². The van der Waals surface area contributed by atoms with Gasteiger partial charge in [0.1, 0.15) is 0 Å². The molecule has 0 amide bonds. The van der Waals surface area contributed by atoms with Crippen LogP contribution in [-0.2, 0) is 0 Å². The molecular weight excluding hydrogens is 769 g/mol. The summed E-state index contributed by atoms with van der Waals surface area (Å²) in [6, 6.07) is 0. The van der Waals surface area contributed by atoms with E-state index in [1.807, 2.05) is 19.7 Å². The second-order valence-electron chi connectivity index (χ2n) is 14.3. The van der Waals surface area contributed by atoms with Gasteiger partial charge in [0.05, 0.1) is 0 Å². The molecule has 0 aliphatic carbocycles. The van der Waals surface area contributed by atoms with E-state index in [9.17, 15) is 0 Å². The standard InChI is InChI=1S/C40H72S9/c1-12-19-35(16-5)29-41-42-36(22-18-17-21-30(6)7)24-23-34(11)40-39(45-48-49-46-40)28-33(10)27-38(26-32(9)15-4)44-47-43-37(20-13-2)25-31(8)14-3/h19-22,31-34,38-40H,12-18,23-29H2,1-11H3/b35-19+,36-22+,37-20+. The number of rotatable bonds is 28. The SMILES string of the molecule is CC/C=C(\CC)CSS/C(=C/CCC=C(C)C)CCC(C)C1SSSSC1CC(C)CC(CC(C)CC)SSS/C(=C/CC)CC(C)CC. The highest BCUT2D eigenvalue weighted by Gasteiger charge is 2.34. The fraction of sp³-hybridized carbons (Fsp3) is 0.800. The van der Waals surface area contributed by atoms with Gasteiger partial charge in [-0.25, -0.2) is 0 Å². The topological polar surface area (TPSA) is 0 Å². The molecule has 0 radical (unpaired) electrons. The van der Waals surface area contributed by atoms with Gasteiger partial charge in [0.25, 0.3) is 0 Å². The van der Waals surface area contributed by atoms with Crippen LogP contribution < -0.4 is 0 Å². The molecule has 0 aromatic rings. The average molecular weight is 842 g/mol. The summed E-state index contributed by atoms with van der Waals surface area (Å²) in [7, 11) is 18.9. The first-order valence-corrected chi connectivity index (χ1v) is 30.0. The van der Waals surface area contributed by atoms with Crippen LogP contribution in [0.4, 0.5) is 0 Å². The minimum absolute atomic E-state index is 0.729. The molecule has 0 bridgehead atoms. The first-order valence-electron chi connectivity index (χ1n) is 19.2. The summed E-state index contributed by atoms with van der Waals surface area (Å²) in [4.78, 5) is 3.20. The molecule has 0 spiro atoms. The molecule has 1 saturated heterocycles. The Hall–Kier alpha value is 2.11. The van der Waals surface area contributed by atoms with Crippen LogP contribution in [0.3, 0.4) is 0 Å². The van der Waals surface area contributed by atoms with Gasteiger partial charge in [-0.2, -0.15) is 0 Å². The molecule has 0 saturated carbocycles. The summed E-state index contributed by atoms with van der Waals surface area (Å²) in [5, 5.41) is 2.21. The maximum absolute atomic E-state index is 2.56. The van der Waals surface area contributed by atoms with Crippen LogP contribution in [0.2, 0.25) is 0 Å². The van der Waals surface area contributed by atoms with Crippen molar-refractivity contribution >= 4 is 94.2 Å². The smallest absolute Gasteiger partial charge is 0.0313 e. The largest absolute Gasteiger partial charge is 0.0856 e. The summed E-state index contributed by atoms with van der Waals surface area (Å²) in [6.07, 6.45) is 26.0. The van der Waals surface area contributed by atoms with Crippen LogP contribution in [0.5, 0.6) is 0 Å². The van der Waals surface area contributed by atoms with E-state index in [1.54, 1.807) is 15.4 Å². The molecule has 1 fully saturated rings. The van der Waals surface area contributed by atoms with E-state index >= 15 is 0 Å². The summed E-state index contributed by atoms with van der Waals surface area (Å²) in [6.45, 7) is 26.0. The Morgan fingerprint density at radius 2 is 1.41 bits per heavy atom. The van der Waals surface area contributed by atoms with Gasteiger partial charge in [-0.05, 0) is 147 Å². The lowest BCUT2D eigenvalue weighted by Gasteiger charge is -2.35. The Morgan fingerprint density at radius 3 is 2.06 bits per heavy atom. The monoisotopic (exact) mass is 840 g/mol. The van der Waals surface area contributed by atoms with Crippen LogP contribution in [0, 0.1) is 23.7 Å². The molecule has 7 unspecified atom stereocenters. The highest BCUT2D eigenvalue weighted by Crippen LogP contribution is 2.58. The third-order valence-electron chi connectivity index (χ3n) is 9.22. The van der Waals surface area contributed by atoms with E-state index in [-0.39, 0.29) is 0 Å². The van der Waals surface area contributed by atoms with Gasteiger partial charge in [0.2, 0.25) is 0 Å². The number of hydrogen-bond acceptors (Lipinski definition) is 9. The Morgan fingerprint density at radius 1 is 0.735 bits per heavy atom. The normalized spacial score (nSPS) is 20.9. The molecule has 1 aliphatic heterocycles. The van der Waals surface area contributed by atoms with Crippen molar-refractivity contribution in [3.8, 4) is 0 Å². The molecule has 0 nitrogen and oxygen atoms in total. The lowest BCUT2D eigenvalue weighted by molar-refractivity contribution is 0.405. The van der Waals surface area contributed by atoms with E-state index in [4.69, 9.17) is 0 Å². The predicted molar refractivity (Wildman–Crippen MR) is 253 cm³/mol. The van der Waals surface area contributed by atoms with Gasteiger partial charge >= 0.3 is 0 Å². The zero-order valence-electron chi connectivity index (χ0n) is 32.9. The molecular formula is C40H72S9. The van der Waals surface area contributed by atoms with Gasteiger partial charge in [0, 0.05) is 21.5 Å². The molecule has 9 heteroatoms. The second kappa shape index (κ2) is 31.3. The van der Waals surface area contributed by atoms with E-state index < -0.39 is 0 Å². The van der Waals surface area contributed by atoms with Crippen LogP contribution in [0.15, 0.2) is 45.3 Å². The molecule has 0 aromatic carbocycles. The van der Waals surface area contributed by atoms with Crippen molar-refractivity contribution in [2.75, 3.05) is 5.75 Å². The van der Waals surface area contributed by atoms with Crippen molar-refractivity contribution in [3.05, 3.63) is 45.3 Å². The van der Waals surface area contributed by atoms with Gasteiger partial charge < -0.3 is 0 Å². The minimum Gasteiger partial charge on any atom is -0.0856 e. The lowest BCUT2D eigenvalue weighted by Crippen LogP contribution is -2.29. The highest BCUT2D eigenvalue weighted by atomic mass is 33.7. The Kier molecular flexibility index (Phi) is 31.4. The van der Waals surface area contributed by atoms with Gasteiger partial charge in [-0.3, -0.25) is 0 Å². The molecule has 1 heterocycles. The van der Waals surface area contributed by atoms with E-state index in [2.05, 4.69) is 175 Å². The average Bonchev–Trinajstić information content (AvgIpc) is 3.07. The second-order valence-corrected chi connectivity index (χ2v) is 27.4. The van der Waals surface area contributed by atoms with E-state index in [1.165, 1.54) is 63.4 Å². The zero-order valence-corrected chi connectivity index (χ0v) is 40.3. The van der Waals surface area contributed by atoms with Crippen LogP contribution in [0.1, 0.15) is 160 Å². The molecule has 0 aromatic heterocycles. The summed E-state index contributed by atoms with van der Waals surface area (Å²) < 4.78 is 0. The number of allylic oxidation sites excluding steroid dienone is 7. The predicted octanol–water partition coefficient (Wildman–Crippen LogP) is 18.6. The van der Waals surface area contributed by atoms with Gasteiger partial charge in [-0.1, -0.05) is 175 Å². The van der Waals surface area contributed by atoms with Crippen molar-refractivity contribution in [1.82, 2.24) is 0 Å². The number of unbranched alkanes of at least 4 members (excludes halogenated alkanes) is 1. The fourth-order valence-electron chi connectivity index (χ4n) is 5.70. The summed E-state index contributed by atoms with van der Waals surface area (Å²) in [5.41, 5.74) is 3.03. The quantitative estimate of drug-likeness (QED) is 0.0425. The third kappa shape index (κ3) is 24.3. The first kappa shape index (κ1) is 49.1. The molecule has 0 N–H and O–H groups in total. The third-order valence-corrected chi connectivity index (χ3v) is 23.9. The zero-order chi connectivity index (χ0) is 36.4. The van der Waals surface area contributed by atoms with Crippen LogP contribution in [-0.4, -0.2) is 21.5 Å². The fourth-order valence-corrected chi connectivity index (χ4v) is 22.4. The van der Waals surface area contributed by atoms with E-state index in [0.29, 0.717) is 0 Å². The van der Waals surface area contributed by atoms with E-state index in [0.717, 1.165) is 70.9 Å². The van der Waals surface area contributed by atoms with Crippen LogP contribution >= 0.6 is 94.2 Å². The van der Waals surface area contributed by atoms with Crippen molar-refractivity contribution in [3.63, 3.8) is 0 Å². The first-order chi connectivity index (χ1) is 23.6. The van der Waals surface area contributed by atoms with Crippen molar-refractivity contribution in [1.29, 1.82) is 0 Å². The molecule has 7 atom stereocenters. The van der Waals surface area contributed by atoms with Crippen molar-refractivity contribution in [2.45, 2.75) is 175 Å². The Bertz CT molecular complexity index is 955. The van der Waals surface area contributed by atoms with Crippen molar-refractivity contribution in [2.24, 2.45) is 23.7 Å². The molecule has 1 aliphatic rings. The molecule has 49 heavy (non-hydrogen) atoms. The summed E-state index contributed by atoms with van der Waals surface area (Å²) in [5.74, 6) is 4.22.